The van der Waals surface area contributed by atoms with E-state index in [4.69, 9.17) is 16.3 Å². The van der Waals surface area contributed by atoms with Crippen LogP contribution in [-0.4, -0.2) is 53.1 Å². The molecule has 2 aromatic heterocycles. The molecule has 1 fully saturated rings. The van der Waals surface area contributed by atoms with Crippen LogP contribution in [0.15, 0.2) is 5.16 Å². The lowest BCUT2D eigenvalue weighted by atomic mass is 9.99. The van der Waals surface area contributed by atoms with Gasteiger partial charge in [-0.05, 0) is 25.0 Å². The van der Waals surface area contributed by atoms with Crippen molar-refractivity contribution in [3.63, 3.8) is 0 Å². The van der Waals surface area contributed by atoms with Gasteiger partial charge in [0.05, 0.1) is 7.11 Å². The molecule has 0 aliphatic carbocycles. The minimum absolute atomic E-state index is 0.104. The Kier molecular flexibility index (Phi) is 5.27. The number of hydrogen-bond acceptors (Lipinski definition) is 7. The Hall–Kier alpha value is -1.38. The van der Waals surface area contributed by atoms with Crippen LogP contribution >= 0.6 is 23.4 Å². The second-order valence-electron chi connectivity index (χ2n) is 5.62. The molecule has 130 valence electrons. The molecule has 1 unspecified atom stereocenters. The number of ether oxygens (including phenoxy) is 1. The van der Waals surface area contributed by atoms with Gasteiger partial charge in [0.2, 0.25) is 5.88 Å². The number of aliphatic hydroxyl groups is 1. The van der Waals surface area contributed by atoms with E-state index in [-0.39, 0.29) is 29.1 Å². The Bertz CT molecular complexity index is 764. The van der Waals surface area contributed by atoms with Crippen LogP contribution in [0, 0.1) is 11.7 Å². The topological polar surface area (TPSA) is 71.4 Å². The highest BCUT2D eigenvalue weighted by Gasteiger charge is 2.27. The van der Waals surface area contributed by atoms with Crippen molar-refractivity contribution in [1.29, 1.82) is 0 Å². The number of pyridine rings is 1. The lowest BCUT2D eigenvalue weighted by Crippen LogP contribution is -2.37. The van der Waals surface area contributed by atoms with Crippen LogP contribution in [-0.2, 0) is 0 Å². The molecule has 1 saturated heterocycles. The maximum Gasteiger partial charge on any atom is 0.228 e. The van der Waals surface area contributed by atoms with Gasteiger partial charge in [-0.15, -0.1) is 0 Å². The summed E-state index contributed by atoms with van der Waals surface area (Å²) in [5, 5.41) is 10.1. The van der Waals surface area contributed by atoms with E-state index in [1.165, 1.54) is 18.9 Å². The Labute approximate surface area is 148 Å². The summed E-state index contributed by atoms with van der Waals surface area (Å²) >= 11 is 7.20. The fourth-order valence-corrected chi connectivity index (χ4v) is 3.48. The number of fused-ring (bicyclic) bond motifs is 1. The number of hydrogen-bond donors (Lipinski definition) is 1. The van der Waals surface area contributed by atoms with E-state index in [2.05, 4.69) is 15.0 Å². The van der Waals surface area contributed by atoms with Crippen LogP contribution in [0.1, 0.15) is 12.8 Å². The summed E-state index contributed by atoms with van der Waals surface area (Å²) in [6.45, 7) is 1.53. The minimum atomic E-state index is -0.679. The monoisotopic (exact) mass is 372 g/mol. The van der Waals surface area contributed by atoms with Gasteiger partial charge in [-0.25, -0.2) is 14.4 Å². The third-order valence-corrected chi connectivity index (χ3v) is 4.92. The van der Waals surface area contributed by atoms with Crippen LogP contribution < -0.4 is 9.64 Å². The molecule has 3 heterocycles. The lowest BCUT2D eigenvalue weighted by Gasteiger charge is -2.33. The third-order valence-electron chi connectivity index (χ3n) is 4.12. The van der Waals surface area contributed by atoms with Gasteiger partial charge in [0.25, 0.3) is 0 Å². The maximum atomic E-state index is 14.5. The van der Waals surface area contributed by atoms with E-state index in [1.807, 2.05) is 11.2 Å². The van der Waals surface area contributed by atoms with Gasteiger partial charge in [0.1, 0.15) is 16.7 Å². The van der Waals surface area contributed by atoms with E-state index in [0.29, 0.717) is 22.9 Å². The third kappa shape index (κ3) is 3.10. The number of methoxy groups -OCH3 is 1. The second-order valence-corrected chi connectivity index (χ2v) is 6.75. The summed E-state index contributed by atoms with van der Waals surface area (Å²) in [5.74, 6) is 0.257. The van der Waals surface area contributed by atoms with E-state index < -0.39 is 5.82 Å². The molecule has 3 rings (SSSR count). The van der Waals surface area contributed by atoms with Gasteiger partial charge in [0.15, 0.2) is 16.1 Å². The quantitative estimate of drug-likeness (QED) is 0.502. The maximum absolute atomic E-state index is 14.5. The summed E-state index contributed by atoms with van der Waals surface area (Å²) < 4.78 is 19.8. The van der Waals surface area contributed by atoms with Crippen molar-refractivity contribution in [2.75, 3.05) is 38.0 Å². The fourth-order valence-electron chi connectivity index (χ4n) is 2.95. The zero-order chi connectivity index (χ0) is 17.3. The molecule has 1 atom stereocenters. The van der Waals surface area contributed by atoms with Gasteiger partial charge < -0.3 is 14.7 Å². The molecule has 1 aliphatic heterocycles. The molecule has 9 heteroatoms. The zero-order valence-electron chi connectivity index (χ0n) is 13.4. The van der Waals surface area contributed by atoms with E-state index in [9.17, 15) is 9.50 Å². The average Bonchev–Trinajstić information content (AvgIpc) is 2.63. The first kappa shape index (κ1) is 17.4. The average molecular weight is 373 g/mol. The van der Waals surface area contributed by atoms with Crippen LogP contribution in [0.5, 0.6) is 5.88 Å². The summed E-state index contributed by atoms with van der Waals surface area (Å²) in [5.41, 5.74) is 0.104. The number of aromatic nitrogens is 3. The highest BCUT2D eigenvalue weighted by molar-refractivity contribution is 7.98. The van der Waals surface area contributed by atoms with Gasteiger partial charge in [-0.3, -0.25) is 0 Å². The molecule has 0 saturated carbocycles. The van der Waals surface area contributed by atoms with Crippen molar-refractivity contribution < 1.29 is 14.2 Å². The van der Waals surface area contributed by atoms with E-state index >= 15 is 0 Å². The van der Waals surface area contributed by atoms with Crippen molar-refractivity contribution in [2.45, 2.75) is 18.0 Å². The molecule has 1 N–H and O–H groups in total. The van der Waals surface area contributed by atoms with Crippen molar-refractivity contribution in [1.82, 2.24) is 15.0 Å². The van der Waals surface area contributed by atoms with Crippen LogP contribution in [0.3, 0.4) is 0 Å². The van der Waals surface area contributed by atoms with Gasteiger partial charge >= 0.3 is 0 Å². The Morgan fingerprint density at radius 1 is 1.42 bits per heavy atom. The molecule has 0 aromatic carbocycles. The SMILES string of the molecule is COc1nc(Cl)c(F)c2nc(SC)nc(N3CCCC(CO)C3)c12. The van der Waals surface area contributed by atoms with E-state index in [1.54, 1.807) is 0 Å². The summed E-state index contributed by atoms with van der Waals surface area (Å²) in [7, 11) is 1.45. The van der Waals surface area contributed by atoms with Crippen molar-refractivity contribution in [3.8, 4) is 5.88 Å². The summed E-state index contributed by atoms with van der Waals surface area (Å²) in [4.78, 5) is 14.8. The first-order valence-corrected chi connectivity index (χ1v) is 9.19. The number of rotatable bonds is 4. The number of piperidine rings is 1. The molecule has 6 nitrogen and oxygen atoms in total. The van der Waals surface area contributed by atoms with Crippen molar-refractivity contribution in [3.05, 3.63) is 11.0 Å². The number of aliphatic hydroxyl groups excluding tert-OH is 1. The molecule has 2 aromatic rings. The first-order chi connectivity index (χ1) is 11.6. The standard InChI is InChI=1S/C15H18ClFN4O2S/c1-23-14-9-11(10(17)12(16)19-14)18-15(24-2)20-13(9)21-5-3-4-8(6-21)7-22/h8,22H,3-7H2,1-2H3. The number of nitrogens with zero attached hydrogens (tertiary/aromatic N) is 4. The Morgan fingerprint density at radius 3 is 2.88 bits per heavy atom. The lowest BCUT2D eigenvalue weighted by molar-refractivity contribution is 0.208. The number of anilines is 1. The number of thioether (sulfide) groups is 1. The normalized spacial score (nSPS) is 18.2. The minimum Gasteiger partial charge on any atom is -0.480 e. The summed E-state index contributed by atoms with van der Waals surface area (Å²) in [6.07, 6.45) is 3.72. The predicted molar refractivity (Wildman–Crippen MR) is 92.7 cm³/mol. The highest BCUT2D eigenvalue weighted by atomic mass is 35.5. The highest BCUT2D eigenvalue weighted by Crippen LogP contribution is 2.37. The van der Waals surface area contributed by atoms with Crippen LogP contribution in [0.4, 0.5) is 10.2 Å². The number of halogens is 2. The summed E-state index contributed by atoms with van der Waals surface area (Å²) in [6, 6.07) is 0. The van der Waals surface area contributed by atoms with Crippen LogP contribution in [0.25, 0.3) is 10.9 Å². The molecule has 0 bridgehead atoms. The fraction of sp³-hybridized carbons (Fsp3) is 0.533. The second kappa shape index (κ2) is 7.25. The van der Waals surface area contributed by atoms with Gasteiger partial charge in [-0.1, -0.05) is 23.4 Å². The zero-order valence-corrected chi connectivity index (χ0v) is 15.0. The Morgan fingerprint density at radius 2 is 2.21 bits per heavy atom. The molecule has 24 heavy (non-hydrogen) atoms. The van der Waals surface area contributed by atoms with Crippen LogP contribution in [0.2, 0.25) is 5.15 Å². The predicted octanol–water partition coefficient (Wildman–Crippen LogP) is 2.76. The van der Waals surface area contributed by atoms with Gasteiger partial charge in [-0.2, -0.15) is 4.98 Å². The molecular weight excluding hydrogens is 355 g/mol. The molecule has 0 radical (unpaired) electrons. The molecular formula is C15H18ClFN4O2S. The van der Waals surface area contributed by atoms with E-state index in [0.717, 1.165) is 19.4 Å². The van der Waals surface area contributed by atoms with Crippen molar-refractivity contribution in [2.24, 2.45) is 5.92 Å². The smallest absolute Gasteiger partial charge is 0.228 e. The Balaban J connectivity index is 2.23. The first-order valence-electron chi connectivity index (χ1n) is 7.59. The molecule has 1 aliphatic rings. The van der Waals surface area contributed by atoms with Gasteiger partial charge in [0, 0.05) is 19.7 Å². The van der Waals surface area contributed by atoms with Crippen molar-refractivity contribution >= 4 is 40.1 Å². The molecule has 0 spiro atoms. The largest absolute Gasteiger partial charge is 0.480 e. The molecule has 0 amide bonds.